The van der Waals surface area contributed by atoms with Gasteiger partial charge >= 0.3 is 16.2 Å². The zero-order chi connectivity index (χ0) is 22.2. The number of hydrogen-bond acceptors (Lipinski definition) is 6. The van der Waals surface area contributed by atoms with Crippen molar-refractivity contribution in [2.75, 3.05) is 10.9 Å². The van der Waals surface area contributed by atoms with E-state index in [1.807, 2.05) is 47.2 Å². The number of nitrogens with one attached hydrogen (secondary N) is 1. The van der Waals surface area contributed by atoms with Crippen LogP contribution in [0, 0.1) is 0 Å². The van der Waals surface area contributed by atoms with Crippen LogP contribution in [0.2, 0.25) is 0 Å². The lowest BCUT2D eigenvalue weighted by molar-refractivity contribution is -0.142. The molecule has 0 aromatic heterocycles. The highest BCUT2D eigenvalue weighted by atomic mass is 32.2. The summed E-state index contributed by atoms with van der Waals surface area (Å²) in [5, 5.41) is 21.3. The number of phenolic OH excluding ortho intramolecular Hbond substituents is 1. The van der Waals surface area contributed by atoms with Gasteiger partial charge in [0.05, 0.1) is 19.2 Å². The van der Waals surface area contributed by atoms with E-state index in [-0.39, 0.29) is 23.8 Å². The first-order valence-corrected chi connectivity index (χ1v) is 11.0. The molecule has 1 heterocycles. The van der Waals surface area contributed by atoms with Gasteiger partial charge in [0.2, 0.25) is 5.88 Å². The van der Waals surface area contributed by atoms with Gasteiger partial charge in [0.15, 0.2) is 0 Å². The number of carbonyl (C=O) groups is 1. The first-order valence-electron chi connectivity index (χ1n) is 9.51. The van der Waals surface area contributed by atoms with Crippen LogP contribution < -0.4 is 9.03 Å². The number of ether oxygens (including phenoxy) is 1. The Morgan fingerprint density at radius 2 is 1.81 bits per heavy atom. The molecule has 8 nitrogen and oxygen atoms in total. The molecule has 0 fully saturated rings. The van der Waals surface area contributed by atoms with E-state index in [2.05, 4.69) is 0 Å². The van der Waals surface area contributed by atoms with Crippen LogP contribution in [0.25, 0.3) is 21.9 Å². The molecule has 0 saturated heterocycles. The van der Waals surface area contributed by atoms with Crippen LogP contribution in [0.15, 0.2) is 66.7 Å². The lowest BCUT2D eigenvalue weighted by Gasteiger charge is -2.16. The number of nitrogens with zero attached hydrogens (tertiary/aromatic N) is 1. The van der Waals surface area contributed by atoms with Crippen LogP contribution >= 0.6 is 0 Å². The molecule has 0 radical (unpaired) electrons. The first kappa shape index (κ1) is 20.5. The maximum atomic E-state index is 12.2. The smallest absolute Gasteiger partial charge is 0.330 e. The average molecular weight is 440 g/mol. The van der Waals surface area contributed by atoms with Crippen LogP contribution in [-0.4, -0.2) is 31.2 Å². The summed E-state index contributed by atoms with van der Waals surface area (Å²) in [7, 11) is -4.03. The Balaban J connectivity index is 1.73. The second-order valence-electron chi connectivity index (χ2n) is 7.00. The fourth-order valence-corrected chi connectivity index (χ4v) is 4.52. The van der Waals surface area contributed by atoms with E-state index in [1.54, 1.807) is 6.92 Å². The van der Waals surface area contributed by atoms with Crippen molar-refractivity contribution in [1.82, 2.24) is 4.72 Å². The van der Waals surface area contributed by atoms with Gasteiger partial charge in [-0.15, -0.1) is 0 Å². The number of aliphatic hydroxyl groups is 1. The average Bonchev–Trinajstić information content (AvgIpc) is 2.99. The number of rotatable bonds is 5. The summed E-state index contributed by atoms with van der Waals surface area (Å²) < 4.78 is 32.1. The van der Waals surface area contributed by atoms with Gasteiger partial charge in [-0.25, -0.2) is 9.03 Å². The van der Waals surface area contributed by atoms with Gasteiger partial charge in [-0.3, -0.25) is 4.79 Å². The maximum Gasteiger partial charge on any atom is 0.330 e. The van der Waals surface area contributed by atoms with Gasteiger partial charge in [-0.2, -0.15) is 8.42 Å². The van der Waals surface area contributed by atoms with Crippen molar-refractivity contribution in [1.29, 1.82) is 0 Å². The lowest BCUT2D eigenvalue weighted by Crippen LogP contribution is -2.29. The van der Waals surface area contributed by atoms with E-state index in [9.17, 15) is 23.4 Å². The highest BCUT2D eigenvalue weighted by Gasteiger charge is 2.30. The Kier molecular flexibility index (Phi) is 5.20. The van der Waals surface area contributed by atoms with Gasteiger partial charge in [0, 0.05) is 0 Å². The Morgan fingerprint density at radius 1 is 1.03 bits per heavy atom. The minimum atomic E-state index is -4.03. The second-order valence-corrected chi connectivity index (χ2v) is 8.55. The summed E-state index contributed by atoms with van der Waals surface area (Å²) in [4.78, 5) is 11.8. The summed E-state index contributed by atoms with van der Waals surface area (Å²) in [5.41, 5.74) is 2.57. The van der Waals surface area contributed by atoms with Gasteiger partial charge < -0.3 is 14.9 Å². The molecule has 0 atom stereocenters. The van der Waals surface area contributed by atoms with Gasteiger partial charge in [0.25, 0.3) is 0 Å². The normalized spacial score (nSPS) is 14.9. The van der Waals surface area contributed by atoms with Crippen LogP contribution in [0.4, 0.5) is 5.69 Å². The topological polar surface area (TPSA) is 116 Å². The molecule has 0 amide bonds. The SMILES string of the molecule is CCOC(=O)Cc1cccc(-c2ccc3cc(O)c(N4C=C(O)NS4(=O)=O)cc3c2)c1. The fraction of sp³-hybridized carbons (Fsp3) is 0.136. The van der Waals surface area contributed by atoms with Crippen molar-refractivity contribution in [3.8, 4) is 16.9 Å². The largest absolute Gasteiger partial charge is 0.506 e. The Bertz CT molecular complexity index is 1320. The number of hydrogen-bond donors (Lipinski definition) is 3. The van der Waals surface area contributed by atoms with Crippen molar-refractivity contribution in [2.24, 2.45) is 0 Å². The van der Waals surface area contributed by atoms with E-state index in [1.165, 1.54) is 12.1 Å². The van der Waals surface area contributed by atoms with Crippen LogP contribution in [-0.2, 0) is 26.2 Å². The molecule has 160 valence electrons. The summed E-state index contributed by atoms with van der Waals surface area (Å²) in [6, 6.07) is 16.1. The number of benzene rings is 3. The van der Waals surface area contributed by atoms with Gasteiger partial charge in [0.1, 0.15) is 11.4 Å². The van der Waals surface area contributed by atoms with Crippen LogP contribution in [0.5, 0.6) is 5.75 Å². The zero-order valence-corrected chi connectivity index (χ0v) is 17.4. The number of esters is 1. The molecule has 0 aliphatic carbocycles. The van der Waals surface area contributed by atoms with E-state index in [0.717, 1.165) is 27.2 Å². The standard InChI is InChI=1S/C22H20N2O6S/c1-2-30-22(27)9-14-4-3-5-15(8-14)16-6-7-17-12-20(25)19(11-18(17)10-16)24-13-21(26)23-31(24,28)29/h3-8,10-13,23,25-26H,2,9H2,1H3. The van der Waals surface area contributed by atoms with Crippen molar-refractivity contribution in [3.05, 3.63) is 72.2 Å². The van der Waals surface area contributed by atoms with Crippen LogP contribution in [0.1, 0.15) is 12.5 Å². The van der Waals surface area contributed by atoms with Crippen molar-refractivity contribution in [3.63, 3.8) is 0 Å². The van der Waals surface area contributed by atoms with E-state index < -0.39 is 16.1 Å². The van der Waals surface area contributed by atoms with E-state index in [4.69, 9.17) is 4.74 Å². The van der Waals surface area contributed by atoms with Gasteiger partial charge in [-0.05, 0) is 52.6 Å². The molecule has 0 saturated carbocycles. The quantitative estimate of drug-likeness (QED) is 0.524. The van der Waals surface area contributed by atoms with Gasteiger partial charge in [-0.1, -0.05) is 36.4 Å². The monoisotopic (exact) mass is 440 g/mol. The Hall–Kier alpha value is -3.72. The molecule has 4 rings (SSSR count). The summed E-state index contributed by atoms with van der Waals surface area (Å²) >= 11 is 0. The lowest BCUT2D eigenvalue weighted by atomic mass is 9.98. The number of carbonyl (C=O) groups excluding carboxylic acids is 1. The molecule has 3 aromatic rings. The van der Waals surface area contributed by atoms with Crippen molar-refractivity contribution < 1.29 is 28.2 Å². The van der Waals surface area contributed by atoms with Crippen molar-refractivity contribution >= 4 is 32.6 Å². The molecular weight excluding hydrogens is 420 g/mol. The third-order valence-electron chi connectivity index (χ3n) is 4.82. The summed E-state index contributed by atoms with van der Waals surface area (Å²) in [6.45, 7) is 2.09. The first-order chi connectivity index (χ1) is 14.8. The van der Waals surface area contributed by atoms with E-state index in [0.29, 0.717) is 17.4 Å². The molecular formula is C22H20N2O6S. The number of anilines is 1. The summed E-state index contributed by atoms with van der Waals surface area (Å²) in [6.07, 6.45) is 1.15. The Labute approximate surface area is 179 Å². The molecule has 0 spiro atoms. The molecule has 3 aromatic carbocycles. The fourth-order valence-electron chi connectivity index (χ4n) is 3.46. The molecule has 1 aliphatic heterocycles. The molecule has 1 aliphatic rings. The summed E-state index contributed by atoms with van der Waals surface area (Å²) in [5.74, 6) is -1.07. The third-order valence-corrected chi connectivity index (χ3v) is 6.10. The zero-order valence-electron chi connectivity index (χ0n) is 16.6. The molecule has 31 heavy (non-hydrogen) atoms. The second kappa shape index (κ2) is 7.84. The highest BCUT2D eigenvalue weighted by Crippen LogP contribution is 2.37. The molecule has 3 N–H and O–H groups in total. The minimum absolute atomic E-state index is 0.0114. The van der Waals surface area contributed by atoms with Crippen LogP contribution in [0.3, 0.4) is 0 Å². The molecule has 0 unspecified atom stereocenters. The predicted octanol–water partition coefficient (Wildman–Crippen LogP) is 3.33. The molecule has 0 bridgehead atoms. The predicted molar refractivity (Wildman–Crippen MR) is 117 cm³/mol. The Morgan fingerprint density at radius 3 is 2.52 bits per heavy atom. The molecule has 9 heteroatoms. The number of fused-ring (bicyclic) bond motifs is 1. The third kappa shape index (κ3) is 4.13. The minimum Gasteiger partial charge on any atom is -0.506 e. The number of phenols is 1. The maximum absolute atomic E-state index is 12.2. The number of aliphatic hydroxyl groups excluding tert-OH is 1. The van der Waals surface area contributed by atoms with E-state index >= 15 is 0 Å². The number of aromatic hydroxyl groups is 1. The highest BCUT2D eigenvalue weighted by molar-refractivity contribution is 7.91. The van der Waals surface area contributed by atoms with Crippen molar-refractivity contribution in [2.45, 2.75) is 13.3 Å².